The van der Waals surface area contributed by atoms with Gasteiger partial charge < -0.3 is 139 Å². The zero-order chi connectivity index (χ0) is 93.3. The number of carboxylic acids is 1. The number of benzene rings is 1. The first-order chi connectivity index (χ1) is 56.8. The fourth-order valence-electron chi connectivity index (χ4n) is 11.6. The van der Waals surface area contributed by atoms with Gasteiger partial charge in [0.2, 0.25) is 94.5 Å². The van der Waals surface area contributed by atoms with Crippen LogP contribution >= 0.6 is 0 Å². The lowest BCUT2D eigenvalue weighted by atomic mass is 9.99. The molecular weight excluding hydrogens is 1600 g/mol. The van der Waals surface area contributed by atoms with Crippen LogP contribution in [0.2, 0.25) is 0 Å². The molecule has 1 rings (SSSR count). The van der Waals surface area contributed by atoms with Gasteiger partial charge in [-0.05, 0) is 136 Å². The Morgan fingerprint density at radius 3 is 0.885 bits per heavy atom. The number of nitrogens with zero attached hydrogens (tertiary/aromatic N) is 2. The molecule has 1 aromatic carbocycles. The molecule has 45 nitrogen and oxygen atoms in total. The van der Waals surface area contributed by atoms with Gasteiger partial charge in [0.25, 0.3) is 0 Å². The van der Waals surface area contributed by atoms with Crippen LogP contribution in [-0.4, -0.2) is 279 Å². The molecule has 19 atom stereocenters. The first kappa shape index (κ1) is 109. The number of guanidine groups is 2. The van der Waals surface area contributed by atoms with Gasteiger partial charge in [-0.25, -0.2) is 4.79 Å². The first-order valence-electron chi connectivity index (χ1n) is 40.4. The van der Waals surface area contributed by atoms with Gasteiger partial charge in [-0.2, -0.15) is 0 Å². The molecule has 0 saturated heterocycles. The lowest BCUT2D eigenvalue weighted by Crippen LogP contribution is -2.62. The Morgan fingerprint density at radius 2 is 0.566 bits per heavy atom. The summed E-state index contributed by atoms with van der Waals surface area (Å²) in [5, 5.41) is 89.0. The van der Waals surface area contributed by atoms with Crippen molar-refractivity contribution in [3.63, 3.8) is 0 Å². The Morgan fingerprint density at radius 1 is 0.311 bits per heavy atom. The topological polar surface area (TPSA) is 739 Å². The van der Waals surface area contributed by atoms with Crippen LogP contribution in [-0.2, 0) is 87.9 Å². The van der Waals surface area contributed by atoms with Gasteiger partial charge in [-0.1, -0.05) is 85.7 Å². The quantitative estimate of drug-likeness (QED) is 0.0164. The molecule has 0 radical (unpaired) electrons. The van der Waals surface area contributed by atoms with Crippen molar-refractivity contribution in [1.29, 1.82) is 0 Å². The van der Waals surface area contributed by atoms with Crippen molar-refractivity contribution in [2.45, 2.75) is 283 Å². The number of amides is 16. The van der Waals surface area contributed by atoms with Crippen molar-refractivity contribution >= 4 is 112 Å². The standard InChI is InChI=1S/C77H133N23O22/c1-35(2)28-48(78)65(111)97-55(33-101)72(118)100-58(46(16)104)74(120)89-40(10)60(106)86-44(14)64(110)99-57(45(15)103)73(119)90-43(13)62(108)91-49(24-20-26-83-76(79)80)66(112)94-53(31-38(7)8)70(116)95-51(29-36(3)4)68(114)87-39(9)59(105)85-41(11)63(109)93-54(32-47-22-18-17-19-23-47)71(117)96-52(30-37(5)6)69(115)88-42(12)61(107)92-50(25-21-27-84-77(81)82)67(113)98-56(34-102)75(121)122/h17-19,22-23,35-46,48-58,101-104H,20-21,24-34,78H2,1-16H3,(H,85,105)(H,86,106)(H,87,114)(H,88,115)(H,89,120)(H,90,119)(H,91,108)(H,92,107)(H,93,109)(H,94,112)(H,95,116)(H,96,117)(H,97,111)(H,98,113)(H,99,110)(H,100,118)(H,121,122)(H4,79,80,83)(H4,81,82,84)/t39-,40-,41-,42-,43-,44-,45+,46+,48-,49-,50-,51-,52-,53-,54-,55-,56-,57-,58-/m0/s1. The van der Waals surface area contributed by atoms with Crippen molar-refractivity contribution in [1.82, 2.24) is 85.1 Å². The highest BCUT2D eigenvalue weighted by Gasteiger charge is 2.39. The molecule has 0 spiro atoms. The molecule has 0 aliphatic heterocycles. The predicted octanol–water partition coefficient (Wildman–Crippen LogP) is -8.44. The van der Waals surface area contributed by atoms with Crippen LogP contribution in [0.3, 0.4) is 0 Å². The number of aliphatic carboxylic acids is 1. The summed E-state index contributed by atoms with van der Waals surface area (Å²) in [7, 11) is 0. The maximum absolute atomic E-state index is 14.4. The summed E-state index contributed by atoms with van der Waals surface area (Å²) in [6, 6.07) is -16.5. The number of aliphatic hydroxyl groups excluding tert-OH is 4. The van der Waals surface area contributed by atoms with Crippen LogP contribution in [0, 0.1) is 23.7 Å². The highest BCUT2D eigenvalue weighted by atomic mass is 16.4. The molecule has 0 unspecified atom stereocenters. The summed E-state index contributed by atoms with van der Waals surface area (Å²) in [5.41, 5.74) is 28.3. The third kappa shape index (κ3) is 41.2. The number of hydrogen-bond acceptors (Lipinski definition) is 24. The molecule has 0 aliphatic rings. The Hall–Kier alpha value is -11.4. The van der Waals surface area contributed by atoms with Crippen LogP contribution in [0.1, 0.15) is 168 Å². The highest BCUT2D eigenvalue weighted by molar-refractivity contribution is 6.01. The number of aliphatic hydroxyl groups is 4. The van der Waals surface area contributed by atoms with Crippen LogP contribution in [0.25, 0.3) is 0 Å². The van der Waals surface area contributed by atoms with E-state index in [1.54, 1.807) is 71.9 Å². The SMILES string of the molecule is CC(C)C[C@H](NC(=O)[C@H](Cc1ccccc1)NC(=O)[C@H](C)NC(=O)[C@H](C)NC(=O)[C@H](CC(C)C)NC(=O)[C@H](CC(C)C)NC(=O)[C@H](CCCN=C(N)N)NC(=O)[C@H](C)NC(=O)[C@@H](NC(=O)[C@H](C)NC(=O)[C@H](C)NC(=O)[C@@H](NC(=O)[C@H](CO)NC(=O)[C@@H](N)CC(C)C)[C@@H](C)O)[C@@H](C)O)C(=O)N[C@@H](C)C(=O)N[C@@H](CCCN=C(N)N)C(=O)N[C@@H](CO)C(=O)O. The van der Waals surface area contributed by atoms with E-state index in [-0.39, 0.29) is 106 Å². The molecule has 31 N–H and O–H groups in total. The van der Waals surface area contributed by atoms with E-state index < -0.39 is 229 Å². The second-order valence-electron chi connectivity index (χ2n) is 31.7. The fraction of sp³-hybridized carbons (Fsp3) is 0.675. The second-order valence-corrected chi connectivity index (χ2v) is 31.7. The van der Waals surface area contributed by atoms with E-state index in [2.05, 4.69) is 95.1 Å². The summed E-state index contributed by atoms with van der Waals surface area (Å²) in [5.74, 6) is -18.0. The number of nitrogens with two attached hydrogens (primary N) is 5. The predicted molar refractivity (Wildman–Crippen MR) is 446 cm³/mol. The van der Waals surface area contributed by atoms with Gasteiger partial charge in [0.15, 0.2) is 11.9 Å². The molecule has 16 amide bonds. The van der Waals surface area contributed by atoms with Gasteiger partial charge in [-0.3, -0.25) is 86.7 Å². The van der Waals surface area contributed by atoms with E-state index in [0.29, 0.717) is 5.56 Å². The zero-order valence-corrected chi connectivity index (χ0v) is 72.3. The minimum atomic E-state index is -1.80. The molecule has 0 aromatic heterocycles. The lowest BCUT2D eigenvalue weighted by molar-refractivity contribution is -0.143. The van der Waals surface area contributed by atoms with Crippen LogP contribution in [0.5, 0.6) is 0 Å². The Bertz CT molecular complexity index is 3730. The molecule has 0 aliphatic carbocycles. The van der Waals surface area contributed by atoms with E-state index in [0.717, 1.165) is 13.8 Å². The summed E-state index contributed by atoms with van der Waals surface area (Å²) in [4.78, 5) is 239. The van der Waals surface area contributed by atoms with Crippen molar-refractivity contribution in [3.8, 4) is 0 Å². The maximum atomic E-state index is 14.4. The van der Waals surface area contributed by atoms with E-state index in [9.17, 15) is 107 Å². The molecule has 688 valence electrons. The number of nitrogens with one attached hydrogen (secondary N) is 16. The third-order valence-corrected chi connectivity index (χ3v) is 18.4. The van der Waals surface area contributed by atoms with Crippen LogP contribution < -0.4 is 114 Å². The molecular formula is C77H133N23O22. The van der Waals surface area contributed by atoms with E-state index in [1.807, 2.05) is 13.8 Å². The van der Waals surface area contributed by atoms with Crippen molar-refractivity contribution in [3.05, 3.63) is 35.9 Å². The molecule has 122 heavy (non-hydrogen) atoms. The minimum Gasteiger partial charge on any atom is -0.480 e. The summed E-state index contributed by atoms with van der Waals surface area (Å²) < 4.78 is 0. The average molecular weight is 1730 g/mol. The van der Waals surface area contributed by atoms with Crippen molar-refractivity contribution in [2.75, 3.05) is 26.3 Å². The molecule has 0 heterocycles. The van der Waals surface area contributed by atoms with Gasteiger partial charge >= 0.3 is 5.97 Å². The first-order valence-corrected chi connectivity index (χ1v) is 40.4. The largest absolute Gasteiger partial charge is 0.480 e. The fourth-order valence-corrected chi connectivity index (χ4v) is 11.6. The van der Waals surface area contributed by atoms with Gasteiger partial charge in [0.1, 0.15) is 96.7 Å². The average Bonchev–Trinajstić information content (AvgIpc) is 0.858. The molecule has 0 fully saturated rings. The zero-order valence-electron chi connectivity index (χ0n) is 72.3. The molecule has 0 bridgehead atoms. The van der Waals surface area contributed by atoms with E-state index in [4.69, 9.17) is 28.7 Å². The maximum Gasteiger partial charge on any atom is 0.328 e. The number of carbonyl (C=O) groups is 17. The number of carboxylic acid groups (broad SMARTS) is 1. The summed E-state index contributed by atoms with van der Waals surface area (Å²) in [6.07, 6.45) is -3.31. The highest BCUT2D eigenvalue weighted by Crippen LogP contribution is 2.15. The van der Waals surface area contributed by atoms with E-state index >= 15 is 0 Å². The van der Waals surface area contributed by atoms with Gasteiger partial charge in [0.05, 0.1) is 31.5 Å². The Labute approximate surface area is 709 Å². The number of aliphatic imine (C=N–C) groups is 2. The smallest absolute Gasteiger partial charge is 0.328 e. The summed E-state index contributed by atoms with van der Waals surface area (Å²) in [6.45, 7) is 21.9. The number of hydrogen-bond donors (Lipinski definition) is 26. The minimum absolute atomic E-state index is 0.00468. The van der Waals surface area contributed by atoms with Crippen molar-refractivity contribution < 1.29 is 107 Å². The molecule has 45 heteroatoms. The monoisotopic (exact) mass is 1730 g/mol. The number of rotatable bonds is 55. The Balaban J connectivity index is 3.36. The van der Waals surface area contributed by atoms with E-state index in [1.165, 1.54) is 41.5 Å². The van der Waals surface area contributed by atoms with Crippen LogP contribution in [0.4, 0.5) is 0 Å². The second kappa shape index (κ2) is 54.7. The molecule has 1 aromatic rings. The third-order valence-electron chi connectivity index (χ3n) is 18.4. The number of carbonyl (C=O) groups excluding carboxylic acids is 16. The van der Waals surface area contributed by atoms with Gasteiger partial charge in [0, 0.05) is 19.5 Å². The normalized spacial score (nSPS) is 15.9. The van der Waals surface area contributed by atoms with Crippen LogP contribution in [0.15, 0.2) is 40.3 Å². The Kier molecular flexibility index (Phi) is 48.7. The van der Waals surface area contributed by atoms with Crippen molar-refractivity contribution in [2.24, 2.45) is 62.3 Å². The summed E-state index contributed by atoms with van der Waals surface area (Å²) >= 11 is 0. The van der Waals surface area contributed by atoms with Gasteiger partial charge in [-0.15, -0.1) is 0 Å². The lowest BCUT2D eigenvalue weighted by Gasteiger charge is -2.28. The molecule has 0 saturated carbocycles.